The van der Waals surface area contributed by atoms with Crippen LogP contribution < -0.4 is 4.74 Å². The average molecular weight is 369 g/mol. The van der Waals surface area contributed by atoms with E-state index in [4.69, 9.17) is 21.6 Å². The molecule has 0 amide bonds. The number of benzene rings is 2. The van der Waals surface area contributed by atoms with Gasteiger partial charge >= 0.3 is 0 Å². The molecule has 0 fully saturated rings. The molecule has 5 nitrogen and oxygen atoms in total. The van der Waals surface area contributed by atoms with E-state index < -0.39 is 0 Å². The second-order valence-corrected chi connectivity index (χ2v) is 6.79. The number of hydrogen-bond acceptors (Lipinski definition) is 4. The highest BCUT2D eigenvalue weighted by molar-refractivity contribution is 6.31. The number of aromatic nitrogens is 2. The minimum Gasteiger partial charge on any atom is -0.494 e. The molecule has 0 radical (unpaired) electrons. The molecule has 3 rings (SSSR count). The van der Waals surface area contributed by atoms with Gasteiger partial charge in [0, 0.05) is 22.5 Å². The van der Waals surface area contributed by atoms with Crippen LogP contribution in [0.4, 0.5) is 0 Å². The summed E-state index contributed by atoms with van der Waals surface area (Å²) in [5, 5.41) is 15.2. The summed E-state index contributed by atoms with van der Waals surface area (Å²) >= 11 is 6.16. The van der Waals surface area contributed by atoms with Gasteiger partial charge in [0.2, 0.25) is 0 Å². The van der Waals surface area contributed by atoms with Crippen LogP contribution in [0, 0.1) is 11.3 Å². The fourth-order valence-corrected chi connectivity index (χ4v) is 3.00. The molecule has 1 heterocycles. The first-order valence-corrected chi connectivity index (χ1v) is 8.87. The highest BCUT2D eigenvalue weighted by Crippen LogP contribution is 2.31. The van der Waals surface area contributed by atoms with Crippen molar-refractivity contribution >= 4 is 22.5 Å². The van der Waals surface area contributed by atoms with Crippen LogP contribution in [0.2, 0.25) is 5.02 Å². The molecule has 0 N–H and O–H groups in total. The molecule has 0 aliphatic heterocycles. The van der Waals surface area contributed by atoms with Gasteiger partial charge in [0.15, 0.2) is 0 Å². The summed E-state index contributed by atoms with van der Waals surface area (Å²) in [6.07, 6.45) is 0.983. The molecule has 26 heavy (non-hydrogen) atoms. The van der Waals surface area contributed by atoms with E-state index >= 15 is 0 Å². The number of nitriles is 1. The predicted molar refractivity (Wildman–Crippen MR) is 104 cm³/mol. The summed E-state index contributed by atoms with van der Waals surface area (Å²) in [6.45, 7) is 1.89. The fourth-order valence-electron chi connectivity index (χ4n) is 2.83. The van der Waals surface area contributed by atoms with Crippen LogP contribution in [0.1, 0.15) is 6.42 Å². The summed E-state index contributed by atoms with van der Waals surface area (Å²) in [7, 11) is 4.10. The van der Waals surface area contributed by atoms with E-state index in [1.165, 1.54) is 0 Å². The third-order valence-corrected chi connectivity index (χ3v) is 4.31. The zero-order valence-corrected chi connectivity index (χ0v) is 15.7. The van der Waals surface area contributed by atoms with Gasteiger partial charge in [0.05, 0.1) is 18.2 Å². The topological polar surface area (TPSA) is 54.1 Å². The second kappa shape index (κ2) is 8.22. The molecule has 0 saturated heterocycles. The van der Waals surface area contributed by atoms with Crippen molar-refractivity contribution in [2.24, 2.45) is 0 Å². The summed E-state index contributed by atoms with van der Waals surface area (Å²) in [5.41, 5.74) is 2.68. The molecule has 2 aromatic carbocycles. The Bertz CT molecular complexity index is 925. The first kappa shape index (κ1) is 18.2. The summed E-state index contributed by atoms with van der Waals surface area (Å²) < 4.78 is 7.48. The second-order valence-electron chi connectivity index (χ2n) is 6.36. The van der Waals surface area contributed by atoms with E-state index in [1.807, 2.05) is 42.5 Å². The van der Waals surface area contributed by atoms with Crippen LogP contribution >= 0.6 is 11.6 Å². The van der Waals surface area contributed by atoms with Crippen molar-refractivity contribution in [2.45, 2.75) is 13.0 Å². The molecule has 3 aromatic rings. The number of nitrogens with zero attached hydrogens (tertiary/aromatic N) is 4. The van der Waals surface area contributed by atoms with Gasteiger partial charge in [-0.1, -0.05) is 11.6 Å². The number of hydrogen-bond donors (Lipinski definition) is 0. The lowest BCUT2D eigenvalue weighted by molar-refractivity contribution is 0.281. The number of halogens is 1. The third kappa shape index (κ3) is 4.16. The maximum Gasteiger partial charge on any atom is 0.128 e. The Morgan fingerprint density at radius 3 is 2.65 bits per heavy atom. The molecular formula is C20H21ClN4O. The van der Waals surface area contributed by atoms with Crippen LogP contribution in [-0.2, 0) is 6.54 Å². The van der Waals surface area contributed by atoms with Crippen molar-refractivity contribution in [2.75, 3.05) is 27.2 Å². The van der Waals surface area contributed by atoms with Crippen molar-refractivity contribution in [3.63, 3.8) is 0 Å². The van der Waals surface area contributed by atoms with Crippen LogP contribution in [0.3, 0.4) is 0 Å². The van der Waals surface area contributed by atoms with Gasteiger partial charge in [-0.05, 0) is 63.0 Å². The summed E-state index contributed by atoms with van der Waals surface area (Å²) in [5.74, 6) is 0.839. The molecule has 0 atom stereocenters. The van der Waals surface area contributed by atoms with Crippen LogP contribution in [-0.4, -0.2) is 41.9 Å². The van der Waals surface area contributed by atoms with Crippen molar-refractivity contribution < 1.29 is 4.74 Å². The Morgan fingerprint density at radius 1 is 1.19 bits per heavy atom. The van der Waals surface area contributed by atoms with E-state index in [9.17, 15) is 0 Å². The molecule has 0 aliphatic carbocycles. The zero-order chi connectivity index (χ0) is 18.5. The molecule has 0 saturated carbocycles. The minimum atomic E-state index is 0.200. The van der Waals surface area contributed by atoms with Gasteiger partial charge in [-0.2, -0.15) is 10.4 Å². The van der Waals surface area contributed by atoms with E-state index in [2.05, 4.69) is 30.2 Å². The molecule has 1 aromatic heterocycles. The molecule has 134 valence electrons. The van der Waals surface area contributed by atoms with Crippen molar-refractivity contribution in [1.29, 1.82) is 5.26 Å². The quantitative estimate of drug-likeness (QED) is 0.586. The Morgan fingerprint density at radius 2 is 1.96 bits per heavy atom. The molecule has 6 heteroatoms. The van der Waals surface area contributed by atoms with Crippen LogP contribution in [0.5, 0.6) is 5.75 Å². The molecule has 0 unspecified atom stereocenters. The van der Waals surface area contributed by atoms with E-state index in [0.717, 1.165) is 40.9 Å². The maximum atomic E-state index is 9.03. The lowest BCUT2D eigenvalue weighted by Gasteiger charge is -2.10. The Balaban J connectivity index is 1.83. The van der Waals surface area contributed by atoms with Gasteiger partial charge in [-0.3, -0.25) is 4.68 Å². The summed E-state index contributed by atoms with van der Waals surface area (Å²) in [6, 6.07) is 15.6. The van der Waals surface area contributed by atoms with Crippen molar-refractivity contribution in [1.82, 2.24) is 14.7 Å². The first-order chi connectivity index (χ1) is 12.6. The highest BCUT2D eigenvalue weighted by atomic mass is 35.5. The van der Waals surface area contributed by atoms with E-state index in [1.54, 1.807) is 4.68 Å². The Hall–Kier alpha value is -2.55. The van der Waals surface area contributed by atoms with Gasteiger partial charge in [-0.25, -0.2) is 0 Å². The lowest BCUT2D eigenvalue weighted by Crippen LogP contribution is -2.15. The summed E-state index contributed by atoms with van der Waals surface area (Å²) in [4.78, 5) is 2.14. The number of fused-ring (bicyclic) bond motifs is 1. The van der Waals surface area contributed by atoms with Gasteiger partial charge in [0.25, 0.3) is 0 Å². The SMILES string of the molecule is CN(C)CCCOc1ccc(-c2nn(CC#N)c3ccc(Cl)cc23)cc1. The van der Waals surface area contributed by atoms with Gasteiger partial charge in [0.1, 0.15) is 18.0 Å². The number of ether oxygens (including phenoxy) is 1. The number of rotatable bonds is 7. The molecular weight excluding hydrogens is 348 g/mol. The first-order valence-electron chi connectivity index (χ1n) is 8.49. The predicted octanol–water partition coefficient (Wildman–Crippen LogP) is 4.21. The van der Waals surface area contributed by atoms with Crippen molar-refractivity contribution in [3.8, 4) is 23.1 Å². The van der Waals surface area contributed by atoms with Gasteiger partial charge < -0.3 is 9.64 Å². The Kier molecular flexibility index (Phi) is 5.77. The Labute approximate surface area is 158 Å². The van der Waals surface area contributed by atoms with Gasteiger partial charge in [-0.15, -0.1) is 0 Å². The third-order valence-electron chi connectivity index (χ3n) is 4.08. The van der Waals surface area contributed by atoms with Crippen molar-refractivity contribution in [3.05, 3.63) is 47.5 Å². The monoisotopic (exact) mass is 368 g/mol. The minimum absolute atomic E-state index is 0.200. The van der Waals surface area contributed by atoms with E-state index in [0.29, 0.717) is 11.6 Å². The zero-order valence-electron chi connectivity index (χ0n) is 14.9. The molecule has 0 aliphatic rings. The highest BCUT2D eigenvalue weighted by Gasteiger charge is 2.13. The fraction of sp³-hybridized carbons (Fsp3) is 0.300. The maximum absolute atomic E-state index is 9.03. The van der Waals surface area contributed by atoms with E-state index in [-0.39, 0.29) is 6.54 Å². The lowest BCUT2D eigenvalue weighted by atomic mass is 10.1. The normalized spacial score (nSPS) is 11.0. The standard InChI is InChI=1S/C20H21ClN4O/c1-24(2)11-3-13-26-17-7-4-15(5-8-17)20-18-14-16(21)6-9-19(18)25(23-20)12-10-22/h4-9,14H,3,11-13H2,1-2H3. The van der Waals surface area contributed by atoms with Crippen LogP contribution in [0.25, 0.3) is 22.2 Å². The van der Waals surface area contributed by atoms with Crippen LogP contribution in [0.15, 0.2) is 42.5 Å². The largest absolute Gasteiger partial charge is 0.494 e. The molecule has 0 spiro atoms. The smallest absolute Gasteiger partial charge is 0.128 e. The molecule has 0 bridgehead atoms. The average Bonchev–Trinajstić information content (AvgIpc) is 2.97.